The van der Waals surface area contributed by atoms with Gasteiger partial charge in [0, 0.05) is 23.4 Å². The van der Waals surface area contributed by atoms with Crippen LogP contribution in [0.1, 0.15) is 44.1 Å². The third-order valence-electron chi connectivity index (χ3n) is 2.76. The Bertz CT molecular complexity index is 563. The van der Waals surface area contributed by atoms with Crippen LogP contribution in [0.5, 0.6) is 0 Å². The van der Waals surface area contributed by atoms with Crippen LogP contribution in [0, 0.1) is 5.92 Å². The number of nitrogens with zero attached hydrogens (tertiary/aromatic N) is 1. The van der Waals surface area contributed by atoms with Crippen molar-refractivity contribution in [2.45, 2.75) is 45.1 Å². The molecular weight excluding hydrogens is 302 g/mol. The van der Waals surface area contributed by atoms with Gasteiger partial charge in [-0.1, -0.05) is 20.8 Å². The van der Waals surface area contributed by atoms with E-state index in [1.807, 2.05) is 20.8 Å². The van der Waals surface area contributed by atoms with Crippen LogP contribution in [-0.2, 0) is 20.3 Å². The molecule has 0 aliphatic carbocycles. The molecule has 0 saturated carbocycles. The van der Waals surface area contributed by atoms with Crippen molar-refractivity contribution in [2.24, 2.45) is 5.92 Å². The Morgan fingerprint density at radius 1 is 1.45 bits per heavy atom. The van der Waals surface area contributed by atoms with Crippen molar-refractivity contribution in [2.75, 3.05) is 6.61 Å². The average molecular weight is 322 g/mol. The molecule has 0 saturated heterocycles. The smallest absolute Gasteiger partial charge is 0.354 e. The standard InChI is InChI=1S/C13H20ClNO4S/c1-4-6-15-9-11(20(14,17)18)8-12(15)13(16)19-7-5-10(2)3/h8-10H,4-7H2,1-3H3. The van der Waals surface area contributed by atoms with Crippen molar-refractivity contribution in [1.29, 1.82) is 0 Å². The second kappa shape index (κ2) is 7.13. The van der Waals surface area contributed by atoms with Crippen molar-refractivity contribution < 1.29 is 17.9 Å². The predicted octanol–water partition coefficient (Wildman–Crippen LogP) is 3.03. The highest BCUT2D eigenvalue weighted by atomic mass is 35.7. The highest BCUT2D eigenvalue weighted by molar-refractivity contribution is 8.13. The zero-order valence-corrected chi connectivity index (χ0v) is 13.5. The van der Waals surface area contributed by atoms with E-state index in [9.17, 15) is 13.2 Å². The summed E-state index contributed by atoms with van der Waals surface area (Å²) in [4.78, 5) is 11.9. The van der Waals surface area contributed by atoms with E-state index in [0.29, 0.717) is 19.1 Å². The monoisotopic (exact) mass is 321 g/mol. The van der Waals surface area contributed by atoms with Crippen molar-refractivity contribution >= 4 is 25.7 Å². The quantitative estimate of drug-likeness (QED) is 0.572. The van der Waals surface area contributed by atoms with Gasteiger partial charge in [0.2, 0.25) is 0 Å². The molecule has 0 unspecified atom stereocenters. The van der Waals surface area contributed by atoms with E-state index in [4.69, 9.17) is 15.4 Å². The highest BCUT2D eigenvalue weighted by Gasteiger charge is 2.20. The molecule has 0 aliphatic rings. The van der Waals surface area contributed by atoms with E-state index < -0.39 is 15.0 Å². The van der Waals surface area contributed by atoms with Gasteiger partial charge in [0.25, 0.3) is 9.05 Å². The summed E-state index contributed by atoms with van der Waals surface area (Å²) in [7, 11) is 1.45. The first-order chi connectivity index (χ1) is 9.25. The van der Waals surface area contributed by atoms with Crippen LogP contribution in [0.4, 0.5) is 0 Å². The maximum atomic E-state index is 12.0. The predicted molar refractivity (Wildman–Crippen MR) is 77.5 cm³/mol. The summed E-state index contributed by atoms with van der Waals surface area (Å²) in [6.45, 7) is 6.85. The number of aromatic nitrogens is 1. The Hall–Kier alpha value is -1.01. The summed E-state index contributed by atoms with van der Waals surface area (Å²) in [6.07, 6.45) is 2.90. The maximum Gasteiger partial charge on any atom is 0.354 e. The average Bonchev–Trinajstić information content (AvgIpc) is 2.72. The molecule has 20 heavy (non-hydrogen) atoms. The summed E-state index contributed by atoms with van der Waals surface area (Å²) >= 11 is 0. The highest BCUT2D eigenvalue weighted by Crippen LogP contribution is 2.20. The summed E-state index contributed by atoms with van der Waals surface area (Å²) in [5.41, 5.74) is 0.217. The zero-order chi connectivity index (χ0) is 15.3. The lowest BCUT2D eigenvalue weighted by Gasteiger charge is -2.09. The van der Waals surface area contributed by atoms with Crippen molar-refractivity contribution in [3.8, 4) is 0 Å². The first-order valence-corrected chi connectivity index (χ1v) is 8.88. The molecule has 0 N–H and O–H groups in total. The van der Waals surface area contributed by atoms with Gasteiger partial charge in [-0.25, -0.2) is 13.2 Å². The van der Waals surface area contributed by atoms with Crippen LogP contribution in [0.15, 0.2) is 17.2 Å². The van der Waals surface area contributed by atoms with Crippen LogP contribution >= 0.6 is 10.7 Å². The number of aryl methyl sites for hydroxylation is 1. The third-order valence-corrected chi connectivity index (χ3v) is 4.08. The minimum Gasteiger partial charge on any atom is -0.461 e. The number of hydrogen-bond acceptors (Lipinski definition) is 4. The molecule has 0 aliphatic heterocycles. The topological polar surface area (TPSA) is 65.4 Å². The van der Waals surface area contributed by atoms with Crippen LogP contribution in [0.2, 0.25) is 0 Å². The fourth-order valence-corrected chi connectivity index (χ4v) is 2.43. The summed E-state index contributed by atoms with van der Waals surface area (Å²) in [5, 5.41) is 0. The number of carbonyl (C=O) groups excluding carboxylic acids is 1. The van der Waals surface area contributed by atoms with Crippen LogP contribution in [0.3, 0.4) is 0 Å². The van der Waals surface area contributed by atoms with E-state index in [2.05, 4.69) is 0 Å². The second-order valence-electron chi connectivity index (χ2n) is 5.01. The molecule has 0 amide bonds. The van der Waals surface area contributed by atoms with E-state index in [1.54, 1.807) is 4.57 Å². The summed E-state index contributed by atoms with van der Waals surface area (Å²) in [6, 6.07) is 1.26. The van der Waals surface area contributed by atoms with Gasteiger partial charge in [-0.2, -0.15) is 0 Å². The minimum absolute atomic E-state index is 0.0802. The molecule has 1 aromatic rings. The first kappa shape index (κ1) is 17.0. The fourth-order valence-electron chi connectivity index (χ4n) is 1.67. The van der Waals surface area contributed by atoms with Crippen molar-refractivity contribution in [1.82, 2.24) is 4.57 Å². The normalized spacial score (nSPS) is 11.8. The number of hydrogen-bond donors (Lipinski definition) is 0. The molecule has 114 valence electrons. The molecule has 1 aromatic heterocycles. The van der Waals surface area contributed by atoms with E-state index >= 15 is 0 Å². The molecule has 5 nitrogen and oxygen atoms in total. The Morgan fingerprint density at radius 3 is 2.60 bits per heavy atom. The van der Waals surface area contributed by atoms with Gasteiger partial charge in [-0.15, -0.1) is 0 Å². The maximum absolute atomic E-state index is 12.0. The molecule has 0 spiro atoms. The number of rotatable bonds is 7. The lowest BCUT2D eigenvalue weighted by molar-refractivity contribution is 0.0475. The Kier molecular flexibility index (Phi) is 6.07. The fraction of sp³-hybridized carbons (Fsp3) is 0.615. The third kappa shape index (κ3) is 4.83. The van der Waals surface area contributed by atoms with E-state index in [-0.39, 0.29) is 10.6 Å². The Morgan fingerprint density at radius 2 is 2.10 bits per heavy atom. The molecule has 1 heterocycles. The molecule has 0 aromatic carbocycles. The van der Waals surface area contributed by atoms with Crippen molar-refractivity contribution in [3.63, 3.8) is 0 Å². The summed E-state index contributed by atoms with van der Waals surface area (Å²) in [5.74, 6) is -0.0883. The van der Waals surface area contributed by atoms with Gasteiger partial charge in [-0.3, -0.25) is 0 Å². The molecular formula is C13H20ClNO4S. The van der Waals surface area contributed by atoms with Crippen LogP contribution in [0.25, 0.3) is 0 Å². The van der Waals surface area contributed by atoms with E-state index in [0.717, 1.165) is 12.8 Å². The minimum atomic E-state index is -3.85. The molecule has 0 bridgehead atoms. The summed E-state index contributed by atoms with van der Waals surface area (Å²) < 4.78 is 29.4. The van der Waals surface area contributed by atoms with Gasteiger partial charge in [0.15, 0.2) is 0 Å². The van der Waals surface area contributed by atoms with Gasteiger partial charge >= 0.3 is 5.97 Å². The van der Waals surface area contributed by atoms with Gasteiger partial charge in [-0.05, 0) is 24.8 Å². The second-order valence-corrected chi connectivity index (χ2v) is 7.58. The number of carbonyl (C=O) groups is 1. The van der Waals surface area contributed by atoms with Gasteiger partial charge < -0.3 is 9.30 Å². The van der Waals surface area contributed by atoms with Crippen LogP contribution < -0.4 is 0 Å². The Labute approximate surface area is 124 Å². The lowest BCUT2D eigenvalue weighted by atomic mass is 10.1. The largest absolute Gasteiger partial charge is 0.461 e. The molecule has 0 atom stereocenters. The van der Waals surface area contributed by atoms with Crippen LogP contribution in [-0.4, -0.2) is 25.6 Å². The molecule has 7 heteroatoms. The Balaban J connectivity index is 2.91. The SMILES string of the molecule is CCCn1cc(S(=O)(=O)Cl)cc1C(=O)OCCC(C)C. The first-order valence-electron chi connectivity index (χ1n) is 6.57. The zero-order valence-electron chi connectivity index (χ0n) is 11.9. The number of esters is 1. The number of halogens is 1. The lowest BCUT2D eigenvalue weighted by Crippen LogP contribution is -2.13. The molecule has 0 radical (unpaired) electrons. The van der Waals surface area contributed by atoms with Crippen molar-refractivity contribution in [3.05, 3.63) is 18.0 Å². The number of ether oxygens (including phenoxy) is 1. The van der Waals surface area contributed by atoms with E-state index in [1.165, 1.54) is 12.3 Å². The molecule has 0 fully saturated rings. The van der Waals surface area contributed by atoms with Gasteiger partial charge in [0.05, 0.1) is 6.61 Å². The van der Waals surface area contributed by atoms with Gasteiger partial charge in [0.1, 0.15) is 10.6 Å². The molecule has 1 rings (SSSR count).